The largest absolute Gasteiger partial charge is 0.495 e. The normalized spacial score (nSPS) is 10.1. The minimum Gasteiger partial charge on any atom is -0.495 e. The molecule has 0 atom stereocenters. The summed E-state index contributed by atoms with van der Waals surface area (Å²) in [7, 11) is 3.15. The van der Waals surface area contributed by atoms with Crippen molar-refractivity contribution in [1.29, 1.82) is 0 Å². The van der Waals surface area contributed by atoms with Crippen LogP contribution >= 0.6 is 0 Å². The van der Waals surface area contributed by atoms with Gasteiger partial charge >= 0.3 is 0 Å². The second kappa shape index (κ2) is 8.66. The number of hydrogen-bond acceptors (Lipinski definition) is 6. The fourth-order valence-electron chi connectivity index (χ4n) is 2.48. The van der Waals surface area contributed by atoms with E-state index < -0.39 is 0 Å². The molecule has 0 unspecified atom stereocenters. The third-order valence-corrected chi connectivity index (χ3v) is 3.87. The Morgan fingerprint density at radius 1 is 1.00 bits per heavy atom. The average Bonchev–Trinajstić information content (AvgIpc) is 2.73. The van der Waals surface area contributed by atoms with E-state index in [0.717, 1.165) is 11.3 Å². The van der Waals surface area contributed by atoms with Crippen molar-refractivity contribution in [3.8, 4) is 11.6 Å². The van der Waals surface area contributed by atoms with E-state index in [1.807, 2.05) is 30.3 Å². The van der Waals surface area contributed by atoms with E-state index >= 15 is 0 Å². The molecule has 1 aromatic carbocycles. The predicted molar refractivity (Wildman–Crippen MR) is 102 cm³/mol. The lowest BCUT2D eigenvalue weighted by atomic mass is 10.2. The highest BCUT2D eigenvalue weighted by molar-refractivity contribution is 5.99. The molecule has 0 aliphatic carbocycles. The molecular weight excluding hydrogens is 344 g/mol. The van der Waals surface area contributed by atoms with Gasteiger partial charge < -0.3 is 20.1 Å². The first-order valence-corrected chi connectivity index (χ1v) is 8.33. The maximum atomic E-state index is 12.6. The number of aromatic nitrogens is 2. The quantitative estimate of drug-likeness (QED) is 0.670. The van der Waals surface area contributed by atoms with Crippen LogP contribution in [0.1, 0.15) is 15.9 Å². The summed E-state index contributed by atoms with van der Waals surface area (Å²) in [6.45, 7) is 0.346. The summed E-state index contributed by atoms with van der Waals surface area (Å²) in [5.74, 6) is 1.41. The molecule has 0 saturated heterocycles. The van der Waals surface area contributed by atoms with Gasteiger partial charge in [-0.3, -0.25) is 4.79 Å². The van der Waals surface area contributed by atoms with Crippen molar-refractivity contribution in [2.45, 2.75) is 6.54 Å². The fourth-order valence-corrected chi connectivity index (χ4v) is 2.48. The summed E-state index contributed by atoms with van der Waals surface area (Å²) in [6, 6.07) is 14.5. The van der Waals surface area contributed by atoms with E-state index in [2.05, 4.69) is 20.6 Å². The van der Waals surface area contributed by atoms with Gasteiger partial charge in [0, 0.05) is 25.0 Å². The Kier molecular flexibility index (Phi) is 5.84. The molecule has 27 heavy (non-hydrogen) atoms. The zero-order valence-corrected chi connectivity index (χ0v) is 15.1. The van der Waals surface area contributed by atoms with Crippen LogP contribution in [0.3, 0.4) is 0 Å². The summed E-state index contributed by atoms with van der Waals surface area (Å²) in [5, 5.41) is 6.04. The van der Waals surface area contributed by atoms with Crippen LogP contribution in [0.25, 0.3) is 0 Å². The maximum Gasteiger partial charge on any atom is 0.255 e. The molecule has 138 valence electrons. The van der Waals surface area contributed by atoms with Gasteiger partial charge in [0.2, 0.25) is 5.88 Å². The van der Waals surface area contributed by atoms with E-state index in [-0.39, 0.29) is 5.91 Å². The Morgan fingerprint density at radius 2 is 1.85 bits per heavy atom. The summed E-state index contributed by atoms with van der Waals surface area (Å²) in [5.41, 5.74) is 2.03. The second-order valence-electron chi connectivity index (χ2n) is 5.62. The predicted octanol–water partition coefficient (Wildman–Crippen LogP) is 3.17. The van der Waals surface area contributed by atoms with Gasteiger partial charge in [-0.1, -0.05) is 18.2 Å². The van der Waals surface area contributed by atoms with Gasteiger partial charge in [0.15, 0.2) is 0 Å². The van der Waals surface area contributed by atoms with Gasteiger partial charge in [-0.2, -0.15) is 0 Å². The first kappa shape index (κ1) is 18.2. The first-order valence-electron chi connectivity index (χ1n) is 8.33. The van der Waals surface area contributed by atoms with Crippen LogP contribution in [0, 0.1) is 0 Å². The van der Waals surface area contributed by atoms with Gasteiger partial charge in [-0.15, -0.1) is 0 Å². The van der Waals surface area contributed by atoms with Crippen molar-refractivity contribution in [3.63, 3.8) is 0 Å². The molecule has 1 amide bonds. The molecule has 7 heteroatoms. The topological polar surface area (TPSA) is 85.4 Å². The second-order valence-corrected chi connectivity index (χ2v) is 5.62. The van der Waals surface area contributed by atoms with Crippen LogP contribution in [-0.4, -0.2) is 30.1 Å². The van der Waals surface area contributed by atoms with Crippen LogP contribution in [0.2, 0.25) is 0 Å². The number of anilines is 2. The molecule has 0 saturated carbocycles. The van der Waals surface area contributed by atoms with Crippen LogP contribution < -0.4 is 20.1 Å². The molecule has 2 aromatic heterocycles. The Morgan fingerprint density at radius 3 is 2.59 bits per heavy atom. The van der Waals surface area contributed by atoms with Crippen molar-refractivity contribution in [2.75, 3.05) is 19.5 Å². The first-order chi connectivity index (χ1) is 13.2. The molecular formula is C20H20N4O3. The minimum absolute atomic E-state index is 0.240. The number of nitrogens with one attached hydrogen (secondary N) is 2. The molecule has 3 aromatic rings. The van der Waals surface area contributed by atoms with Crippen LogP contribution in [0.4, 0.5) is 11.5 Å². The minimum atomic E-state index is -0.240. The maximum absolute atomic E-state index is 12.6. The lowest BCUT2D eigenvalue weighted by Gasteiger charge is -2.13. The molecule has 0 bridgehead atoms. The summed E-state index contributed by atoms with van der Waals surface area (Å²) >= 11 is 0. The number of carbonyl (C=O) groups is 1. The number of hydrogen-bond donors (Lipinski definition) is 2. The molecule has 2 heterocycles. The Labute approximate surface area is 157 Å². The zero-order chi connectivity index (χ0) is 19.1. The zero-order valence-electron chi connectivity index (χ0n) is 15.1. The lowest BCUT2D eigenvalue weighted by Crippen LogP contribution is -2.24. The Hall–Kier alpha value is -3.61. The van der Waals surface area contributed by atoms with Gasteiger partial charge in [-0.25, -0.2) is 9.97 Å². The fraction of sp³-hybridized carbons (Fsp3) is 0.150. The highest BCUT2D eigenvalue weighted by Crippen LogP contribution is 2.27. The van der Waals surface area contributed by atoms with Crippen molar-refractivity contribution >= 4 is 17.4 Å². The average molecular weight is 364 g/mol. The van der Waals surface area contributed by atoms with Crippen molar-refractivity contribution < 1.29 is 14.3 Å². The molecule has 2 N–H and O–H groups in total. The number of methoxy groups -OCH3 is 2. The monoisotopic (exact) mass is 364 g/mol. The van der Waals surface area contributed by atoms with Gasteiger partial charge in [0.1, 0.15) is 11.6 Å². The molecule has 0 aliphatic rings. The van der Waals surface area contributed by atoms with Gasteiger partial charge in [0.25, 0.3) is 5.91 Å². The van der Waals surface area contributed by atoms with Crippen molar-refractivity contribution in [1.82, 2.24) is 15.3 Å². The molecule has 0 radical (unpaired) electrons. The molecule has 3 rings (SSSR count). The number of rotatable bonds is 7. The molecule has 7 nitrogen and oxygen atoms in total. The van der Waals surface area contributed by atoms with E-state index in [1.54, 1.807) is 44.8 Å². The van der Waals surface area contributed by atoms with E-state index in [9.17, 15) is 4.79 Å². The van der Waals surface area contributed by atoms with Gasteiger partial charge in [0.05, 0.1) is 25.5 Å². The number of para-hydroxylation sites is 2. The SMILES string of the molecule is COc1ccc(CNC(=O)c2cccnc2Nc2ccccc2OC)cn1. The van der Waals surface area contributed by atoms with Crippen LogP contribution in [0.5, 0.6) is 11.6 Å². The summed E-state index contributed by atoms with van der Waals surface area (Å²) < 4.78 is 10.4. The smallest absolute Gasteiger partial charge is 0.255 e. The number of benzene rings is 1. The van der Waals surface area contributed by atoms with E-state index in [4.69, 9.17) is 9.47 Å². The van der Waals surface area contributed by atoms with Crippen LogP contribution in [-0.2, 0) is 6.54 Å². The highest BCUT2D eigenvalue weighted by Gasteiger charge is 2.13. The number of carbonyl (C=O) groups excluding carboxylic acids is 1. The lowest BCUT2D eigenvalue weighted by molar-refractivity contribution is 0.0951. The Bertz CT molecular complexity index is 913. The summed E-state index contributed by atoms with van der Waals surface area (Å²) in [4.78, 5) is 21.1. The molecule has 0 aliphatic heterocycles. The number of amides is 1. The van der Waals surface area contributed by atoms with Crippen molar-refractivity contribution in [2.24, 2.45) is 0 Å². The highest BCUT2D eigenvalue weighted by atomic mass is 16.5. The molecule has 0 spiro atoms. The third-order valence-electron chi connectivity index (χ3n) is 3.87. The Balaban J connectivity index is 1.73. The van der Waals surface area contributed by atoms with Gasteiger partial charge in [-0.05, 0) is 29.8 Å². The number of ether oxygens (including phenoxy) is 2. The van der Waals surface area contributed by atoms with E-state index in [1.165, 1.54) is 0 Å². The van der Waals surface area contributed by atoms with E-state index in [0.29, 0.717) is 29.6 Å². The van der Waals surface area contributed by atoms with Crippen LogP contribution in [0.15, 0.2) is 60.9 Å². The number of pyridine rings is 2. The standard InChI is InChI=1S/C20H20N4O3/c1-26-17-8-4-3-7-16(17)24-19-15(6-5-11-21-19)20(25)23-13-14-9-10-18(27-2)22-12-14/h3-12H,13H2,1-2H3,(H,21,24)(H,23,25). The number of nitrogens with zero attached hydrogens (tertiary/aromatic N) is 2. The third kappa shape index (κ3) is 4.52. The summed E-state index contributed by atoms with van der Waals surface area (Å²) in [6.07, 6.45) is 3.29. The molecule has 0 fully saturated rings. The van der Waals surface area contributed by atoms with Crippen molar-refractivity contribution in [3.05, 3.63) is 72.1 Å².